The summed E-state index contributed by atoms with van der Waals surface area (Å²) in [5.74, 6) is 5.32. The Hall–Kier alpha value is -1.39. The zero-order chi connectivity index (χ0) is 13.6. The van der Waals surface area contributed by atoms with Gasteiger partial charge in [-0.1, -0.05) is 30.0 Å². The number of aliphatic hydroxyl groups is 1. The van der Waals surface area contributed by atoms with E-state index in [1.807, 2.05) is 12.1 Å². The maximum absolute atomic E-state index is 11.6. The summed E-state index contributed by atoms with van der Waals surface area (Å²) in [5.41, 5.74) is 1.47. The van der Waals surface area contributed by atoms with Crippen molar-refractivity contribution in [1.82, 2.24) is 9.03 Å². The van der Waals surface area contributed by atoms with Crippen LogP contribution in [0.1, 0.15) is 11.1 Å². The van der Waals surface area contributed by atoms with Crippen LogP contribution in [0.4, 0.5) is 0 Å². The first-order valence-electron chi connectivity index (χ1n) is 5.32. The highest BCUT2D eigenvalue weighted by Crippen LogP contribution is 2.07. The van der Waals surface area contributed by atoms with Gasteiger partial charge in [-0.2, -0.15) is 17.4 Å². The van der Waals surface area contributed by atoms with Gasteiger partial charge in [-0.15, -0.1) is 0 Å². The minimum Gasteiger partial charge on any atom is -0.384 e. The van der Waals surface area contributed by atoms with Gasteiger partial charge in [0.05, 0.1) is 0 Å². The second-order valence-electron chi connectivity index (χ2n) is 3.73. The van der Waals surface area contributed by atoms with Crippen LogP contribution in [0, 0.1) is 11.8 Å². The minimum atomic E-state index is -3.45. The predicted octanol–water partition coefficient (Wildman–Crippen LogP) is -0.0736. The first-order chi connectivity index (χ1) is 8.47. The predicted molar refractivity (Wildman–Crippen MR) is 69.9 cm³/mol. The second kappa shape index (κ2) is 6.52. The molecule has 1 rings (SSSR count). The third-order valence-electron chi connectivity index (χ3n) is 2.25. The van der Waals surface area contributed by atoms with Gasteiger partial charge in [0.1, 0.15) is 6.61 Å². The van der Waals surface area contributed by atoms with Crippen molar-refractivity contribution in [3.63, 3.8) is 0 Å². The average molecular weight is 268 g/mol. The Bertz CT molecular complexity index is 556. The topological polar surface area (TPSA) is 69.6 Å². The molecule has 0 bridgehead atoms. The van der Waals surface area contributed by atoms with E-state index in [0.717, 1.165) is 9.87 Å². The third kappa shape index (κ3) is 4.13. The van der Waals surface area contributed by atoms with Gasteiger partial charge in [-0.3, -0.25) is 0 Å². The Labute approximate surface area is 108 Å². The number of nitrogens with zero attached hydrogens (tertiary/aromatic N) is 1. The molecule has 0 saturated carbocycles. The SMILES string of the molecule is CN(C)S(=O)(=O)NCc1ccccc1C#CCO. The molecule has 0 spiro atoms. The molecule has 0 radical (unpaired) electrons. The molecule has 98 valence electrons. The van der Waals surface area contributed by atoms with Crippen molar-refractivity contribution in [2.45, 2.75) is 6.54 Å². The van der Waals surface area contributed by atoms with E-state index in [1.54, 1.807) is 12.1 Å². The van der Waals surface area contributed by atoms with Crippen LogP contribution in [0.3, 0.4) is 0 Å². The van der Waals surface area contributed by atoms with Crippen LogP contribution in [-0.4, -0.2) is 38.5 Å². The molecule has 5 nitrogen and oxygen atoms in total. The van der Waals surface area contributed by atoms with Gasteiger partial charge in [0.25, 0.3) is 10.2 Å². The van der Waals surface area contributed by atoms with Crippen molar-refractivity contribution in [1.29, 1.82) is 0 Å². The van der Waals surface area contributed by atoms with Gasteiger partial charge in [0, 0.05) is 26.2 Å². The molecule has 0 aliphatic rings. The fourth-order valence-corrected chi connectivity index (χ4v) is 1.83. The molecule has 0 saturated heterocycles. The van der Waals surface area contributed by atoms with Crippen molar-refractivity contribution in [3.8, 4) is 11.8 Å². The number of rotatable bonds is 4. The van der Waals surface area contributed by atoms with E-state index >= 15 is 0 Å². The normalized spacial score (nSPS) is 11.1. The van der Waals surface area contributed by atoms with Gasteiger partial charge in [0.15, 0.2) is 0 Å². The minimum absolute atomic E-state index is 0.163. The van der Waals surface area contributed by atoms with E-state index in [4.69, 9.17) is 5.11 Å². The van der Waals surface area contributed by atoms with Crippen molar-refractivity contribution in [3.05, 3.63) is 35.4 Å². The fraction of sp³-hybridized carbons (Fsp3) is 0.333. The molecule has 18 heavy (non-hydrogen) atoms. The Morgan fingerprint density at radius 2 is 2.00 bits per heavy atom. The van der Waals surface area contributed by atoms with Crippen molar-refractivity contribution >= 4 is 10.2 Å². The van der Waals surface area contributed by atoms with Crippen LogP contribution in [0.25, 0.3) is 0 Å². The molecule has 0 atom stereocenters. The number of hydrogen-bond donors (Lipinski definition) is 2. The maximum Gasteiger partial charge on any atom is 0.279 e. The molecule has 0 heterocycles. The van der Waals surface area contributed by atoms with E-state index in [-0.39, 0.29) is 13.2 Å². The van der Waals surface area contributed by atoms with Gasteiger partial charge >= 0.3 is 0 Å². The van der Waals surface area contributed by atoms with Crippen LogP contribution >= 0.6 is 0 Å². The zero-order valence-electron chi connectivity index (χ0n) is 10.3. The van der Waals surface area contributed by atoms with E-state index < -0.39 is 10.2 Å². The van der Waals surface area contributed by atoms with Gasteiger partial charge in [0.2, 0.25) is 0 Å². The first kappa shape index (κ1) is 14.7. The van der Waals surface area contributed by atoms with Gasteiger partial charge in [-0.05, 0) is 11.6 Å². The number of hydrogen-bond acceptors (Lipinski definition) is 3. The average Bonchev–Trinajstić information content (AvgIpc) is 2.34. The first-order valence-corrected chi connectivity index (χ1v) is 6.76. The maximum atomic E-state index is 11.6. The lowest BCUT2D eigenvalue weighted by molar-refractivity contribution is 0.350. The highest BCUT2D eigenvalue weighted by Gasteiger charge is 2.12. The molecule has 0 amide bonds. The molecule has 2 N–H and O–H groups in total. The molecule has 1 aromatic carbocycles. The summed E-state index contributed by atoms with van der Waals surface area (Å²) < 4.78 is 26.7. The lowest BCUT2D eigenvalue weighted by atomic mass is 10.1. The highest BCUT2D eigenvalue weighted by molar-refractivity contribution is 7.87. The van der Waals surface area contributed by atoms with Crippen LogP contribution in [0.15, 0.2) is 24.3 Å². The van der Waals surface area contributed by atoms with E-state index in [1.165, 1.54) is 14.1 Å². The number of benzene rings is 1. The molecule has 0 aliphatic heterocycles. The second-order valence-corrected chi connectivity index (χ2v) is 5.69. The molecule has 0 aliphatic carbocycles. The standard InChI is InChI=1S/C12H16N2O3S/c1-14(2)18(16,17)13-10-12-7-4-3-6-11(12)8-5-9-15/h3-4,6-7,13,15H,9-10H2,1-2H3. The summed E-state index contributed by atoms with van der Waals surface area (Å²) in [4.78, 5) is 0. The molecular weight excluding hydrogens is 252 g/mol. The Balaban J connectivity index is 2.86. The molecule has 6 heteroatoms. The Kier molecular flexibility index (Phi) is 5.31. The number of nitrogens with one attached hydrogen (secondary N) is 1. The van der Waals surface area contributed by atoms with Crippen LogP contribution in [-0.2, 0) is 16.8 Å². The van der Waals surface area contributed by atoms with Gasteiger partial charge in [-0.25, -0.2) is 0 Å². The molecule has 1 aromatic rings. The quantitative estimate of drug-likeness (QED) is 0.751. The highest BCUT2D eigenvalue weighted by atomic mass is 32.2. The molecular formula is C12H16N2O3S. The Morgan fingerprint density at radius 1 is 1.33 bits per heavy atom. The number of aliphatic hydroxyl groups excluding tert-OH is 1. The van der Waals surface area contributed by atoms with E-state index in [9.17, 15) is 8.42 Å². The summed E-state index contributed by atoms with van der Waals surface area (Å²) >= 11 is 0. The van der Waals surface area contributed by atoms with Crippen molar-refractivity contribution < 1.29 is 13.5 Å². The lowest BCUT2D eigenvalue weighted by Crippen LogP contribution is -2.35. The molecule has 0 unspecified atom stereocenters. The summed E-state index contributed by atoms with van der Waals surface area (Å²) in [6, 6.07) is 7.19. The van der Waals surface area contributed by atoms with Crippen LogP contribution < -0.4 is 4.72 Å². The largest absolute Gasteiger partial charge is 0.384 e. The monoisotopic (exact) mass is 268 g/mol. The zero-order valence-corrected chi connectivity index (χ0v) is 11.2. The summed E-state index contributed by atoms with van der Waals surface area (Å²) in [5, 5.41) is 8.66. The van der Waals surface area contributed by atoms with Crippen molar-refractivity contribution in [2.24, 2.45) is 0 Å². The summed E-state index contributed by atoms with van der Waals surface area (Å²) in [6.07, 6.45) is 0. The lowest BCUT2D eigenvalue weighted by Gasteiger charge is -2.12. The van der Waals surface area contributed by atoms with Crippen molar-refractivity contribution in [2.75, 3.05) is 20.7 Å². The van der Waals surface area contributed by atoms with Crippen LogP contribution in [0.2, 0.25) is 0 Å². The smallest absolute Gasteiger partial charge is 0.279 e. The Morgan fingerprint density at radius 3 is 2.61 bits per heavy atom. The fourth-order valence-electron chi connectivity index (χ4n) is 1.23. The molecule has 0 fully saturated rings. The summed E-state index contributed by atoms with van der Waals surface area (Å²) in [7, 11) is -0.532. The molecule has 0 aromatic heterocycles. The van der Waals surface area contributed by atoms with E-state index in [0.29, 0.717) is 5.56 Å². The van der Waals surface area contributed by atoms with E-state index in [2.05, 4.69) is 16.6 Å². The van der Waals surface area contributed by atoms with Crippen LogP contribution in [0.5, 0.6) is 0 Å². The van der Waals surface area contributed by atoms with Gasteiger partial charge < -0.3 is 5.11 Å². The summed E-state index contributed by atoms with van der Waals surface area (Å²) in [6.45, 7) is -0.0610. The third-order valence-corrected chi connectivity index (χ3v) is 3.72.